The van der Waals surface area contributed by atoms with E-state index in [-0.39, 0.29) is 17.2 Å². The smallest absolute Gasteiger partial charge is 0.246 e. The van der Waals surface area contributed by atoms with Crippen LogP contribution in [-0.4, -0.2) is 83.5 Å². The fraction of sp³-hybridized carbons (Fsp3) is 0.789. The fourth-order valence-electron chi connectivity index (χ4n) is 3.99. The minimum atomic E-state index is -0.535. The number of nitrogens with zero attached hydrogens (tertiary/aromatic N) is 3. The first kappa shape index (κ1) is 19.9. The largest absolute Gasteiger partial charge is 0.391 e. The lowest BCUT2D eigenvalue weighted by Crippen LogP contribution is -2.64. The van der Waals surface area contributed by atoms with Crippen LogP contribution in [-0.2, 0) is 9.59 Å². The van der Waals surface area contributed by atoms with Crippen molar-refractivity contribution in [3.63, 3.8) is 0 Å². The second-order valence-electron chi connectivity index (χ2n) is 8.47. The predicted octanol–water partition coefficient (Wildman–Crippen LogP) is 1.10. The maximum atomic E-state index is 12.3. The van der Waals surface area contributed by atoms with Gasteiger partial charge in [0.1, 0.15) is 0 Å². The van der Waals surface area contributed by atoms with Gasteiger partial charge < -0.3 is 19.8 Å². The molecule has 25 heavy (non-hydrogen) atoms. The van der Waals surface area contributed by atoms with E-state index < -0.39 is 11.6 Å². The number of aliphatic hydroxyl groups is 1. The van der Waals surface area contributed by atoms with Crippen LogP contribution < -0.4 is 0 Å². The molecule has 2 aliphatic heterocycles. The predicted molar refractivity (Wildman–Crippen MR) is 98.0 cm³/mol. The molecule has 0 aromatic heterocycles. The van der Waals surface area contributed by atoms with Crippen molar-refractivity contribution >= 4 is 11.8 Å². The standard InChI is InChI=1S/C19H33N3O3/c1-15(23)22-14-19(13-16(24)18(22,2)3)8-11-21(12-9-19)17(25)7-6-10-20(4)5/h6-7,16,24H,8-14H2,1-5H3. The fourth-order valence-corrected chi connectivity index (χ4v) is 3.99. The molecule has 1 spiro atoms. The first-order chi connectivity index (χ1) is 11.6. The van der Waals surface area contributed by atoms with Crippen molar-refractivity contribution in [1.29, 1.82) is 0 Å². The van der Waals surface area contributed by atoms with Crippen LogP contribution in [0.15, 0.2) is 12.2 Å². The molecular weight excluding hydrogens is 318 g/mol. The molecule has 2 heterocycles. The molecular formula is C19H33N3O3. The minimum absolute atomic E-state index is 0.00764. The molecule has 1 unspecified atom stereocenters. The number of carbonyl (C=O) groups excluding carboxylic acids is 2. The summed E-state index contributed by atoms with van der Waals surface area (Å²) in [5, 5.41) is 10.6. The van der Waals surface area contributed by atoms with E-state index in [1.165, 1.54) is 0 Å². The van der Waals surface area contributed by atoms with E-state index in [0.717, 1.165) is 19.4 Å². The summed E-state index contributed by atoms with van der Waals surface area (Å²) < 4.78 is 0. The summed E-state index contributed by atoms with van der Waals surface area (Å²) in [6.07, 6.45) is 5.36. The molecule has 2 saturated heterocycles. The van der Waals surface area contributed by atoms with Gasteiger partial charge in [-0.2, -0.15) is 0 Å². The summed E-state index contributed by atoms with van der Waals surface area (Å²) in [7, 11) is 3.94. The van der Waals surface area contributed by atoms with Gasteiger partial charge in [-0.05, 0) is 52.6 Å². The molecule has 2 amide bonds. The monoisotopic (exact) mass is 351 g/mol. The van der Waals surface area contributed by atoms with Gasteiger partial charge in [-0.25, -0.2) is 0 Å². The van der Waals surface area contributed by atoms with Gasteiger partial charge in [0.25, 0.3) is 0 Å². The molecule has 0 aromatic carbocycles. The van der Waals surface area contributed by atoms with Crippen molar-refractivity contribution in [1.82, 2.24) is 14.7 Å². The van der Waals surface area contributed by atoms with E-state index in [4.69, 9.17) is 0 Å². The molecule has 2 rings (SSSR count). The van der Waals surface area contributed by atoms with Crippen molar-refractivity contribution in [3.05, 3.63) is 12.2 Å². The number of likely N-dealkylation sites (tertiary alicyclic amines) is 2. The molecule has 0 bridgehead atoms. The number of hydrogen-bond acceptors (Lipinski definition) is 4. The Labute approximate surface area is 151 Å². The Morgan fingerprint density at radius 3 is 2.36 bits per heavy atom. The number of likely N-dealkylation sites (N-methyl/N-ethyl adjacent to an activating group) is 1. The summed E-state index contributed by atoms with van der Waals surface area (Å²) in [4.78, 5) is 30.1. The topological polar surface area (TPSA) is 64.1 Å². The highest BCUT2D eigenvalue weighted by Gasteiger charge is 2.50. The van der Waals surface area contributed by atoms with Gasteiger partial charge >= 0.3 is 0 Å². The highest BCUT2D eigenvalue weighted by molar-refractivity contribution is 5.87. The maximum Gasteiger partial charge on any atom is 0.246 e. The lowest BCUT2D eigenvalue weighted by Gasteiger charge is -2.55. The van der Waals surface area contributed by atoms with Gasteiger partial charge in [-0.15, -0.1) is 0 Å². The van der Waals surface area contributed by atoms with Crippen LogP contribution in [0.1, 0.15) is 40.0 Å². The molecule has 2 aliphatic rings. The zero-order valence-corrected chi connectivity index (χ0v) is 16.3. The molecule has 0 aliphatic carbocycles. The number of rotatable bonds is 3. The SMILES string of the molecule is CC(=O)N1CC2(CCN(C(=O)C=CCN(C)C)CC2)CC(O)C1(C)C. The van der Waals surface area contributed by atoms with Crippen molar-refractivity contribution < 1.29 is 14.7 Å². The summed E-state index contributed by atoms with van der Waals surface area (Å²) in [6.45, 7) is 8.22. The molecule has 0 aromatic rings. The van der Waals surface area contributed by atoms with Crippen LogP contribution in [0.5, 0.6) is 0 Å². The van der Waals surface area contributed by atoms with Crippen LogP contribution >= 0.6 is 0 Å². The van der Waals surface area contributed by atoms with Crippen LogP contribution in [0.4, 0.5) is 0 Å². The number of carbonyl (C=O) groups is 2. The summed E-state index contributed by atoms with van der Waals surface area (Å²) in [5.41, 5.74) is -0.607. The van der Waals surface area contributed by atoms with Gasteiger partial charge in [-0.1, -0.05) is 6.08 Å². The third-order valence-corrected chi connectivity index (χ3v) is 5.88. The first-order valence-electron chi connectivity index (χ1n) is 9.14. The van der Waals surface area contributed by atoms with Crippen molar-refractivity contribution in [3.8, 4) is 0 Å². The van der Waals surface area contributed by atoms with Crippen LogP contribution in [0.25, 0.3) is 0 Å². The van der Waals surface area contributed by atoms with Gasteiger partial charge in [0.15, 0.2) is 0 Å². The van der Waals surface area contributed by atoms with Crippen LogP contribution in [0, 0.1) is 5.41 Å². The second-order valence-corrected chi connectivity index (χ2v) is 8.47. The molecule has 1 N–H and O–H groups in total. The molecule has 2 fully saturated rings. The Kier molecular flexibility index (Phi) is 5.94. The lowest BCUT2D eigenvalue weighted by molar-refractivity contribution is -0.158. The summed E-state index contributed by atoms with van der Waals surface area (Å²) >= 11 is 0. The quantitative estimate of drug-likeness (QED) is 0.774. The summed E-state index contributed by atoms with van der Waals surface area (Å²) in [5.74, 6) is 0.0602. The first-order valence-corrected chi connectivity index (χ1v) is 9.14. The molecule has 6 heteroatoms. The van der Waals surface area contributed by atoms with Gasteiger partial charge in [0.2, 0.25) is 11.8 Å². The van der Waals surface area contributed by atoms with Crippen LogP contribution in [0.3, 0.4) is 0 Å². The highest BCUT2D eigenvalue weighted by Crippen LogP contribution is 2.45. The zero-order valence-electron chi connectivity index (χ0n) is 16.3. The highest BCUT2D eigenvalue weighted by atomic mass is 16.3. The molecule has 1 atom stereocenters. The Morgan fingerprint density at radius 2 is 1.84 bits per heavy atom. The van der Waals surface area contributed by atoms with E-state index >= 15 is 0 Å². The van der Waals surface area contributed by atoms with Crippen LogP contribution in [0.2, 0.25) is 0 Å². The average Bonchev–Trinajstić information content (AvgIpc) is 2.51. The van der Waals surface area contributed by atoms with E-state index in [0.29, 0.717) is 26.1 Å². The summed E-state index contributed by atoms with van der Waals surface area (Å²) in [6, 6.07) is 0. The third kappa shape index (κ3) is 4.42. The number of amides is 2. The molecule has 142 valence electrons. The molecule has 6 nitrogen and oxygen atoms in total. The molecule has 0 saturated carbocycles. The van der Waals surface area contributed by atoms with E-state index in [1.54, 1.807) is 13.0 Å². The molecule has 0 radical (unpaired) electrons. The average molecular weight is 351 g/mol. The third-order valence-electron chi connectivity index (χ3n) is 5.88. The zero-order chi connectivity index (χ0) is 18.8. The number of piperidine rings is 2. The second kappa shape index (κ2) is 7.46. The van der Waals surface area contributed by atoms with E-state index in [2.05, 4.69) is 0 Å². The number of aliphatic hydroxyl groups excluding tert-OH is 1. The number of hydrogen-bond donors (Lipinski definition) is 1. The van der Waals surface area contributed by atoms with E-state index in [1.807, 2.05) is 48.7 Å². The maximum absolute atomic E-state index is 12.3. The van der Waals surface area contributed by atoms with Gasteiger partial charge in [-0.3, -0.25) is 9.59 Å². The Balaban J connectivity index is 1.99. The van der Waals surface area contributed by atoms with Crippen molar-refractivity contribution in [2.45, 2.75) is 51.7 Å². The Bertz CT molecular complexity index is 534. The van der Waals surface area contributed by atoms with Gasteiger partial charge in [0.05, 0.1) is 11.6 Å². The van der Waals surface area contributed by atoms with Crippen molar-refractivity contribution in [2.24, 2.45) is 5.41 Å². The minimum Gasteiger partial charge on any atom is -0.391 e. The lowest BCUT2D eigenvalue weighted by atomic mass is 9.67. The normalized spacial score (nSPS) is 25.8. The van der Waals surface area contributed by atoms with E-state index in [9.17, 15) is 14.7 Å². The van der Waals surface area contributed by atoms with Crippen molar-refractivity contribution in [2.75, 3.05) is 40.3 Å². The Hall–Kier alpha value is -1.40. The Morgan fingerprint density at radius 1 is 1.24 bits per heavy atom. The van der Waals surface area contributed by atoms with Gasteiger partial charge in [0, 0.05) is 39.2 Å².